The van der Waals surface area contributed by atoms with E-state index in [1.807, 2.05) is 0 Å². The van der Waals surface area contributed by atoms with Crippen LogP contribution in [0.3, 0.4) is 0 Å². The van der Waals surface area contributed by atoms with E-state index in [2.05, 4.69) is 25.8 Å². The van der Waals surface area contributed by atoms with Crippen molar-refractivity contribution in [3.05, 3.63) is 0 Å². The predicted octanol–water partition coefficient (Wildman–Crippen LogP) is 0.851. The van der Waals surface area contributed by atoms with Crippen LogP contribution in [0.25, 0.3) is 0 Å². The SMILES string of the molecule is CN1C(CO)CCC1(C)C. The molecule has 1 aliphatic heterocycles. The third-order valence-corrected chi connectivity index (χ3v) is 2.80. The molecule has 0 saturated carbocycles. The zero-order chi connectivity index (χ0) is 7.78. The van der Waals surface area contributed by atoms with Crippen molar-refractivity contribution in [3.8, 4) is 0 Å². The van der Waals surface area contributed by atoms with E-state index in [1.54, 1.807) is 0 Å². The van der Waals surface area contributed by atoms with Gasteiger partial charge in [-0.3, -0.25) is 4.90 Å². The molecule has 0 aromatic carbocycles. The zero-order valence-electron chi connectivity index (χ0n) is 7.09. The molecule has 1 fully saturated rings. The summed E-state index contributed by atoms with van der Waals surface area (Å²) in [5.74, 6) is 0. The lowest BCUT2D eigenvalue weighted by atomic mass is 10.0. The van der Waals surface area contributed by atoms with E-state index in [0.717, 1.165) is 6.42 Å². The fourth-order valence-electron chi connectivity index (χ4n) is 1.60. The first-order valence-electron chi connectivity index (χ1n) is 3.92. The fourth-order valence-corrected chi connectivity index (χ4v) is 1.60. The third-order valence-electron chi connectivity index (χ3n) is 2.80. The van der Waals surface area contributed by atoms with E-state index >= 15 is 0 Å². The van der Waals surface area contributed by atoms with Crippen LogP contribution < -0.4 is 0 Å². The van der Waals surface area contributed by atoms with Crippen LogP contribution in [0.15, 0.2) is 0 Å². The van der Waals surface area contributed by atoms with Crippen molar-refractivity contribution in [1.82, 2.24) is 4.90 Å². The summed E-state index contributed by atoms with van der Waals surface area (Å²) in [5.41, 5.74) is 0.299. The molecule has 1 saturated heterocycles. The van der Waals surface area contributed by atoms with Gasteiger partial charge in [0.05, 0.1) is 6.61 Å². The van der Waals surface area contributed by atoms with Crippen molar-refractivity contribution in [1.29, 1.82) is 0 Å². The van der Waals surface area contributed by atoms with Crippen LogP contribution >= 0.6 is 0 Å². The largest absolute Gasteiger partial charge is 0.395 e. The molecule has 2 nitrogen and oxygen atoms in total. The highest BCUT2D eigenvalue weighted by Gasteiger charge is 2.35. The van der Waals surface area contributed by atoms with Gasteiger partial charge in [0.15, 0.2) is 0 Å². The van der Waals surface area contributed by atoms with Gasteiger partial charge in [0.2, 0.25) is 0 Å². The van der Waals surface area contributed by atoms with E-state index in [4.69, 9.17) is 5.11 Å². The Kier molecular flexibility index (Phi) is 2.02. The van der Waals surface area contributed by atoms with Crippen LogP contribution in [-0.2, 0) is 0 Å². The van der Waals surface area contributed by atoms with Crippen molar-refractivity contribution in [2.75, 3.05) is 13.7 Å². The molecule has 1 N–H and O–H groups in total. The average Bonchev–Trinajstić information content (AvgIpc) is 2.10. The Balaban J connectivity index is 2.58. The van der Waals surface area contributed by atoms with E-state index in [-0.39, 0.29) is 0 Å². The fraction of sp³-hybridized carbons (Fsp3) is 1.00. The van der Waals surface area contributed by atoms with Crippen LogP contribution in [0, 0.1) is 0 Å². The molecule has 0 bridgehead atoms. The van der Waals surface area contributed by atoms with E-state index in [9.17, 15) is 0 Å². The molecule has 1 aliphatic rings. The Morgan fingerprint density at radius 2 is 2.20 bits per heavy atom. The Morgan fingerprint density at radius 1 is 1.60 bits per heavy atom. The van der Waals surface area contributed by atoms with Gasteiger partial charge in [-0.25, -0.2) is 0 Å². The monoisotopic (exact) mass is 143 g/mol. The van der Waals surface area contributed by atoms with Gasteiger partial charge in [0.1, 0.15) is 0 Å². The van der Waals surface area contributed by atoms with Gasteiger partial charge in [-0.05, 0) is 33.7 Å². The summed E-state index contributed by atoms with van der Waals surface area (Å²) in [4.78, 5) is 2.27. The standard InChI is InChI=1S/C8H17NO/c1-8(2)5-4-7(6-10)9(8)3/h7,10H,4-6H2,1-3H3. The Bertz CT molecular complexity index is 122. The lowest BCUT2D eigenvalue weighted by Crippen LogP contribution is -2.40. The number of rotatable bonds is 1. The molecule has 0 radical (unpaired) electrons. The second-order valence-corrected chi connectivity index (χ2v) is 3.80. The topological polar surface area (TPSA) is 23.5 Å². The predicted molar refractivity (Wildman–Crippen MR) is 41.9 cm³/mol. The van der Waals surface area contributed by atoms with Gasteiger partial charge < -0.3 is 5.11 Å². The number of hydrogen-bond acceptors (Lipinski definition) is 2. The maximum Gasteiger partial charge on any atom is 0.0586 e. The molecule has 2 heteroatoms. The molecule has 10 heavy (non-hydrogen) atoms. The lowest BCUT2D eigenvalue weighted by Gasteiger charge is -2.30. The smallest absolute Gasteiger partial charge is 0.0586 e. The summed E-state index contributed by atoms with van der Waals surface area (Å²) in [6, 6.07) is 0.398. The Labute approximate surface area is 62.8 Å². The molecule has 0 aliphatic carbocycles. The first-order chi connectivity index (χ1) is 4.58. The first-order valence-corrected chi connectivity index (χ1v) is 3.92. The number of nitrogens with zero attached hydrogens (tertiary/aromatic N) is 1. The van der Waals surface area contributed by atoms with Crippen LogP contribution in [0.1, 0.15) is 26.7 Å². The Hall–Kier alpha value is -0.0800. The second kappa shape index (κ2) is 2.51. The minimum Gasteiger partial charge on any atom is -0.395 e. The molecule has 1 heterocycles. The van der Waals surface area contributed by atoms with Gasteiger partial charge in [-0.15, -0.1) is 0 Å². The molecular formula is C8H17NO. The normalized spacial score (nSPS) is 33.0. The summed E-state index contributed by atoms with van der Waals surface area (Å²) in [6.07, 6.45) is 2.34. The van der Waals surface area contributed by atoms with Crippen molar-refractivity contribution in [2.45, 2.75) is 38.3 Å². The molecular weight excluding hydrogens is 126 g/mol. The van der Waals surface area contributed by atoms with E-state index < -0.39 is 0 Å². The summed E-state index contributed by atoms with van der Waals surface area (Å²) >= 11 is 0. The van der Waals surface area contributed by atoms with Gasteiger partial charge >= 0.3 is 0 Å². The van der Waals surface area contributed by atoms with Crippen LogP contribution in [-0.4, -0.2) is 35.2 Å². The number of hydrogen-bond donors (Lipinski definition) is 1. The number of likely N-dealkylation sites (N-methyl/N-ethyl adjacent to an activating group) is 1. The zero-order valence-corrected chi connectivity index (χ0v) is 7.09. The van der Waals surface area contributed by atoms with Crippen molar-refractivity contribution < 1.29 is 5.11 Å². The minimum absolute atomic E-state index is 0.299. The Morgan fingerprint density at radius 3 is 2.40 bits per heavy atom. The summed E-state index contributed by atoms with van der Waals surface area (Å²) in [6.45, 7) is 4.76. The van der Waals surface area contributed by atoms with E-state index in [1.165, 1.54) is 6.42 Å². The van der Waals surface area contributed by atoms with Gasteiger partial charge in [0, 0.05) is 11.6 Å². The summed E-state index contributed by atoms with van der Waals surface area (Å²) in [7, 11) is 2.09. The van der Waals surface area contributed by atoms with Crippen molar-refractivity contribution >= 4 is 0 Å². The highest BCUT2D eigenvalue weighted by atomic mass is 16.3. The number of aliphatic hydroxyl groups is 1. The molecule has 0 amide bonds. The first kappa shape index (κ1) is 8.02. The van der Waals surface area contributed by atoms with Gasteiger partial charge in [0.25, 0.3) is 0 Å². The van der Waals surface area contributed by atoms with Crippen LogP contribution in [0.2, 0.25) is 0 Å². The summed E-state index contributed by atoms with van der Waals surface area (Å²) < 4.78 is 0. The molecule has 1 atom stereocenters. The molecule has 0 aromatic heterocycles. The van der Waals surface area contributed by atoms with E-state index in [0.29, 0.717) is 18.2 Å². The van der Waals surface area contributed by atoms with Crippen molar-refractivity contribution in [2.24, 2.45) is 0 Å². The maximum absolute atomic E-state index is 8.93. The molecule has 60 valence electrons. The highest BCUT2D eigenvalue weighted by Crippen LogP contribution is 2.30. The van der Waals surface area contributed by atoms with Crippen LogP contribution in [0.5, 0.6) is 0 Å². The lowest BCUT2D eigenvalue weighted by molar-refractivity contribution is 0.118. The summed E-state index contributed by atoms with van der Waals surface area (Å²) in [5, 5.41) is 8.93. The second-order valence-electron chi connectivity index (χ2n) is 3.80. The van der Waals surface area contributed by atoms with Gasteiger partial charge in [-0.1, -0.05) is 0 Å². The van der Waals surface area contributed by atoms with Crippen LogP contribution in [0.4, 0.5) is 0 Å². The maximum atomic E-state index is 8.93. The third kappa shape index (κ3) is 1.18. The molecule has 0 aromatic rings. The number of likely N-dealkylation sites (tertiary alicyclic amines) is 1. The molecule has 1 unspecified atom stereocenters. The quantitative estimate of drug-likeness (QED) is 0.588. The molecule has 1 rings (SSSR count). The number of aliphatic hydroxyl groups excluding tert-OH is 1. The minimum atomic E-state index is 0.299. The average molecular weight is 143 g/mol. The highest BCUT2D eigenvalue weighted by molar-refractivity contribution is 4.91. The van der Waals surface area contributed by atoms with Crippen molar-refractivity contribution in [3.63, 3.8) is 0 Å². The van der Waals surface area contributed by atoms with Gasteiger partial charge in [-0.2, -0.15) is 0 Å². The molecule has 0 spiro atoms.